The second kappa shape index (κ2) is 8.38. The van der Waals surface area contributed by atoms with Crippen LogP contribution in [0.2, 0.25) is 0 Å². The second-order valence-corrected chi connectivity index (χ2v) is 9.38. The third kappa shape index (κ3) is 4.49. The van der Waals surface area contributed by atoms with Gasteiger partial charge in [0.05, 0.1) is 6.20 Å². The first-order valence-electron chi connectivity index (χ1n) is 11.1. The van der Waals surface area contributed by atoms with Gasteiger partial charge in [0.2, 0.25) is 0 Å². The third-order valence-corrected chi connectivity index (χ3v) is 6.73. The van der Waals surface area contributed by atoms with Gasteiger partial charge >= 0.3 is 0 Å². The molecular weight excluding hydrogens is 344 g/mol. The lowest BCUT2D eigenvalue weighted by molar-refractivity contribution is 0.0866. The molecule has 0 N–H and O–H groups in total. The molecule has 28 heavy (non-hydrogen) atoms. The van der Waals surface area contributed by atoms with E-state index in [1.54, 1.807) is 0 Å². The molecule has 4 heteroatoms. The summed E-state index contributed by atoms with van der Waals surface area (Å²) in [6.07, 6.45) is 8.32. The molecule has 4 nitrogen and oxygen atoms in total. The van der Waals surface area contributed by atoms with Gasteiger partial charge in [-0.1, -0.05) is 38.1 Å². The molecule has 2 aliphatic heterocycles. The fraction of sp³-hybridized carbons (Fsp3) is 0.625. The maximum Gasteiger partial charge on any atom is 0.0534 e. The van der Waals surface area contributed by atoms with E-state index >= 15 is 0 Å². The van der Waals surface area contributed by atoms with Crippen LogP contribution >= 0.6 is 0 Å². The fourth-order valence-electron chi connectivity index (χ4n) is 5.13. The Labute approximate surface area is 170 Å². The standard InChI is InChI=1S/C24H36N4/c1-4-28-17-22(14-25-28)16-27-13-11-24(19-27)10-5-12-26(18-24)15-21-6-8-23(9-7-21)20(2)3/h6-9,14,17,20H,4-5,10-13,15-16,18-19H2,1-3H3. The van der Waals surface area contributed by atoms with Gasteiger partial charge < -0.3 is 0 Å². The summed E-state index contributed by atoms with van der Waals surface area (Å²) in [5.41, 5.74) is 4.76. The van der Waals surface area contributed by atoms with Gasteiger partial charge in [-0.05, 0) is 61.7 Å². The molecule has 1 aromatic carbocycles. The Morgan fingerprint density at radius 3 is 2.36 bits per heavy atom. The predicted octanol–water partition coefficient (Wildman–Crippen LogP) is 4.51. The highest BCUT2D eigenvalue weighted by molar-refractivity contribution is 5.24. The number of hydrogen-bond acceptors (Lipinski definition) is 3. The summed E-state index contributed by atoms with van der Waals surface area (Å²) in [4.78, 5) is 5.35. The molecule has 1 spiro atoms. The SMILES string of the molecule is CCn1cc(CN2CCC3(CCCN(Cc4ccc(C(C)C)cc4)C3)C2)cn1. The molecule has 152 valence electrons. The quantitative estimate of drug-likeness (QED) is 0.737. The molecular formula is C24H36N4. The van der Waals surface area contributed by atoms with Crippen LogP contribution in [-0.2, 0) is 19.6 Å². The van der Waals surface area contributed by atoms with Crippen molar-refractivity contribution >= 4 is 0 Å². The number of piperidine rings is 1. The van der Waals surface area contributed by atoms with Gasteiger partial charge in [-0.25, -0.2) is 0 Å². The summed E-state index contributed by atoms with van der Waals surface area (Å²) in [5, 5.41) is 4.44. The number of nitrogens with zero attached hydrogens (tertiary/aromatic N) is 4. The highest BCUT2D eigenvalue weighted by Crippen LogP contribution is 2.39. The molecule has 0 saturated carbocycles. The van der Waals surface area contributed by atoms with Crippen molar-refractivity contribution in [2.75, 3.05) is 26.2 Å². The van der Waals surface area contributed by atoms with Crippen LogP contribution in [0, 0.1) is 5.41 Å². The second-order valence-electron chi connectivity index (χ2n) is 9.38. The molecule has 3 heterocycles. The highest BCUT2D eigenvalue weighted by atomic mass is 15.3. The van der Waals surface area contributed by atoms with Crippen molar-refractivity contribution in [3.05, 3.63) is 53.3 Å². The molecule has 0 aliphatic carbocycles. The number of likely N-dealkylation sites (tertiary alicyclic amines) is 2. The van der Waals surface area contributed by atoms with Gasteiger partial charge in [0.25, 0.3) is 0 Å². The minimum absolute atomic E-state index is 0.497. The van der Waals surface area contributed by atoms with Crippen molar-refractivity contribution < 1.29 is 0 Å². The van der Waals surface area contributed by atoms with Crippen molar-refractivity contribution in [1.29, 1.82) is 0 Å². The molecule has 2 saturated heterocycles. The van der Waals surface area contributed by atoms with Gasteiger partial charge in [-0.3, -0.25) is 14.5 Å². The normalized spacial score (nSPS) is 23.9. The van der Waals surface area contributed by atoms with Crippen LogP contribution in [0.15, 0.2) is 36.7 Å². The van der Waals surface area contributed by atoms with Gasteiger partial charge in [-0.15, -0.1) is 0 Å². The number of aryl methyl sites for hydroxylation is 1. The average Bonchev–Trinajstić information content (AvgIpc) is 3.29. The predicted molar refractivity (Wildman–Crippen MR) is 115 cm³/mol. The maximum absolute atomic E-state index is 4.44. The van der Waals surface area contributed by atoms with E-state index in [1.165, 1.54) is 62.1 Å². The Bertz CT molecular complexity index is 763. The molecule has 0 bridgehead atoms. The lowest BCUT2D eigenvalue weighted by Crippen LogP contribution is -2.44. The molecule has 1 aromatic heterocycles. The van der Waals surface area contributed by atoms with Gasteiger partial charge in [0.15, 0.2) is 0 Å². The van der Waals surface area contributed by atoms with E-state index in [4.69, 9.17) is 0 Å². The fourth-order valence-corrected chi connectivity index (χ4v) is 5.13. The summed E-state index contributed by atoms with van der Waals surface area (Å²) >= 11 is 0. The molecule has 2 aromatic rings. The summed E-state index contributed by atoms with van der Waals surface area (Å²) in [6.45, 7) is 14.8. The van der Waals surface area contributed by atoms with E-state index in [0.29, 0.717) is 11.3 Å². The van der Waals surface area contributed by atoms with Crippen molar-refractivity contribution in [1.82, 2.24) is 19.6 Å². The van der Waals surface area contributed by atoms with Crippen molar-refractivity contribution in [2.24, 2.45) is 5.41 Å². The summed E-state index contributed by atoms with van der Waals surface area (Å²) < 4.78 is 2.04. The number of hydrogen-bond donors (Lipinski definition) is 0. The number of benzene rings is 1. The number of aromatic nitrogens is 2. The van der Waals surface area contributed by atoms with Gasteiger partial charge in [-0.2, -0.15) is 5.10 Å². The smallest absolute Gasteiger partial charge is 0.0534 e. The Morgan fingerprint density at radius 1 is 0.964 bits per heavy atom. The molecule has 0 amide bonds. The zero-order valence-corrected chi connectivity index (χ0v) is 17.9. The first-order chi connectivity index (χ1) is 13.5. The molecule has 2 aliphatic rings. The first kappa shape index (κ1) is 19.7. The summed E-state index contributed by atoms with van der Waals surface area (Å²) in [7, 11) is 0. The lowest BCUT2D eigenvalue weighted by Gasteiger charge is -2.40. The highest BCUT2D eigenvalue weighted by Gasteiger charge is 2.41. The zero-order chi connectivity index (χ0) is 19.6. The molecule has 0 radical (unpaired) electrons. The molecule has 1 unspecified atom stereocenters. The van der Waals surface area contributed by atoms with E-state index in [2.05, 4.69) is 66.1 Å². The Morgan fingerprint density at radius 2 is 1.68 bits per heavy atom. The van der Waals surface area contributed by atoms with E-state index in [-0.39, 0.29) is 0 Å². The topological polar surface area (TPSA) is 24.3 Å². The van der Waals surface area contributed by atoms with E-state index in [9.17, 15) is 0 Å². The van der Waals surface area contributed by atoms with E-state index < -0.39 is 0 Å². The van der Waals surface area contributed by atoms with Crippen LogP contribution in [0.4, 0.5) is 0 Å². The third-order valence-electron chi connectivity index (χ3n) is 6.73. The van der Waals surface area contributed by atoms with Crippen LogP contribution in [0.25, 0.3) is 0 Å². The molecule has 4 rings (SSSR count). The molecule has 2 fully saturated rings. The van der Waals surface area contributed by atoms with Crippen LogP contribution in [-0.4, -0.2) is 45.8 Å². The minimum Gasteiger partial charge on any atom is -0.298 e. The zero-order valence-electron chi connectivity index (χ0n) is 17.9. The van der Waals surface area contributed by atoms with Crippen molar-refractivity contribution in [3.8, 4) is 0 Å². The lowest BCUT2D eigenvalue weighted by atomic mass is 9.79. The van der Waals surface area contributed by atoms with E-state index in [0.717, 1.165) is 19.6 Å². The Balaban J connectivity index is 1.34. The summed E-state index contributed by atoms with van der Waals surface area (Å²) in [5.74, 6) is 0.612. The monoisotopic (exact) mass is 380 g/mol. The Hall–Kier alpha value is -1.65. The molecule has 1 atom stereocenters. The first-order valence-corrected chi connectivity index (χ1v) is 11.1. The minimum atomic E-state index is 0.497. The van der Waals surface area contributed by atoms with Gasteiger partial charge in [0.1, 0.15) is 0 Å². The number of rotatable bonds is 6. The Kier molecular flexibility index (Phi) is 5.88. The van der Waals surface area contributed by atoms with Crippen LogP contribution in [0.1, 0.15) is 62.6 Å². The van der Waals surface area contributed by atoms with Crippen LogP contribution in [0.3, 0.4) is 0 Å². The summed E-state index contributed by atoms with van der Waals surface area (Å²) in [6, 6.07) is 9.30. The van der Waals surface area contributed by atoms with Crippen LogP contribution < -0.4 is 0 Å². The van der Waals surface area contributed by atoms with Crippen LogP contribution in [0.5, 0.6) is 0 Å². The largest absolute Gasteiger partial charge is 0.298 e. The van der Waals surface area contributed by atoms with Crippen molar-refractivity contribution in [2.45, 2.75) is 65.6 Å². The van der Waals surface area contributed by atoms with Crippen molar-refractivity contribution in [3.63, 3.8) is 0 Å². The average molecular weight is 381 g/mol. The van der Waals surface area contributed by atoms with E-state index in [1.807, 2.05) is 10.9 Å². The van der Waals surface area contributed by atoms with Gasteiger partial charge in [0, 0.05) is 44.5 Å². The maximum atomic E-state index is 4.44.